The fourth-order valence-corrected chi connectivity index (χ4v) is 3.03. The second kappa shape index (κ2) is 6.79. The highest BCUT2D eigenvalue weighted by Gasteiger charge is 2.18. The first kappa shape index (κ1) is 17.1. The second-order valence-electron chi connectivity index (χ2n) is 6.47. The van der Waals surface area contributed by atoms with Gasteiger partial charge in [0.1, 0.15) is 5.58 Å². The average Bonchev–Trinajstić information content (AvgIpc) is 3.29. The minimum atomic E-state index is -0.481. The molecule has 0 spiro atoms. The molecule has 0 unspecified atom stereocenters. The molecule has 6 heteroatoms. The number of furan rings is 1. The number of hydrogen-bond acceptors (Lipinski definition) is 6. The third-order valence-electron chi connectivity index (χ3n) is 4.74. The van der Waals surface area contributed by atoms with Gasteiger partial charge in [-0.05, 0) is 43.2 Å². The van der Waals surface area contributed by atoms with Crippen LogP contribution in [0.15, 0.2) is 41.0 Å². The van der Waals surface area contributed by atoms with Crippen molar-refractivity contribution in [1.29, 1.82) is 0 Å². The van der Waals surface area contributed by atoms with Crippen LogP contribution < -0.4 is 9.47 Å². The van der Waals surface area contributed by atoms with E-state index in [1.807, 2.05) is 26.0 Å². The van der Waals surface area contributed by atoms with E-state index in [9.17, 15) is 9.59 Å². The largest absolute Gasteiger partial charge is 0.464 e. The first-order chi connectivity index (χ1) is 13.0. The van der Waals surface area contributed by atoms with Crippen LogP contribution in [0.3, 0.4) is 0 Å². The van der Waals surface area contributed by atoms with Crippen molar-refractivity contribution in [2.45, 2.75) is 20.3 Å². The summed E-state index contributed by atoms with van der Waals surface area (Å²) in [6.07, 6.45) is 1.61. The Kier molecular flexibility index (Phi) is 4.32. The molecule has 0 saturated heterocycles. The maximum Gasteiger partial charge on any atom is 0.310 e. The van der Waals surface area contributed by atoms with Crippen LogP contribution in [-0.2, 0) is 16.0 Å². The summed E-state index contributed by atoms with van der Waals surface area (Å²) in [6, 6.07) is 8.80. The van der Waals surface area contributed by atoms with Gasteiger partial charge in [0.25, 0.3) is 0 Å². The number of carbonyl (C=O) groups excluding carboxylic acids is 2. The Morgan fingerprint density at radius 1 is 1.07 bits per heavy atom. The molecule has 1 aliphatic rings. The topological polar surface area (TPSA) is 75.0 Å². The van der Waals surface area contributed by atoms with E-state index in [1.165, 1.54) is 0 Å². The number of aryl methyl sites for hydroxylation is 2. The number of esters is 1. The Morgan fingerprint density at radius 3 is 2.74 bits per heavy atom. The zero-order valence-corrected chi connectivity index (χ0v) is 15.0. The number of ketones is 1. The van der Waals surface area contributed by atoms with Crippen LogP contribution >= 0.6 is 0 Å². The summed E-state index contributed by atoms with van der Waals surface area (Å²) in [5.74, 6) is 0.332. The van der Waals surface area contributed by atoms with E-state index >= 15 is 0 Å². The first-order valence-corrected chi connectivity index (χ1v) is 8.57. The predicted molar refractivity (Wildman–Crippen MR) is 97.2 cm³/mol. The van der Waals surface area contributed by atoms with Crippen molar-refractivity contribution >= 4 is 22.7 Å². The standard InChI is InChI=1S/C21H18O6/c1-12-3-5-16-15(9-25-21(16)13(12)2)8-20(23)24-10-17(22)14-4-6-18-19(7-14)27-11-26-18/h3-7,9H,8,10-11H2,1-2H3. The van der Waals surface area contributed by atoms with Crippen LogP contribution in [0.25, 0.3) is 11.0 Å². The normalized spacial score (nSPS) is 12.4. The molecule has 27 heavy (non-hydrogen) atoms. The minimum Gasteiger partial charge on any atom is -0.464 e. The molecule has 2 heterocycles. The summed E-state index contributed by atoms with van der Waals surface area (Å²) in [7, 11) is 0. The molecule has 3 aromatic rings. The summed E-state index contributed by atoms with van der Waals surface area (Å²) in [5, 5.41) is 0.886. The zero-order valence-electron chi connectivity index (χ0n) is 15.0. The average molecular weight is 366 g/mol. The highest BCUT2D eigenvalue weighted by Crippen LogP contribution is 2.32. The van der Waals surface area contributed by atoms with Crippen LogP contribution in [0.4, 0.5) is 0 Å². The first-order valence-electron chi connectivity index (χ1n) is 8.57. The SMILES string of the molecule is Cc1ccc2c(CC(=O)OCC(=O)c3ccc4c(c3)OCO4)coc2c1C. The van der Waals surface area contributed by atoms with Crippen LogP contribution in [0.2, 0.25) is 0 Å². The molecule has 6 nitrogen and oxygen atoms in total. The van der Waals surface area contributed by atoms with Crippen LogP contribution in [0, 0.1) is 13.8 Å². The van der Waals surface area contributed by atoms with Gasteiger partial charge in [-0.15, -0.1) is 0 Å². The summed E-state index contributed by atoms with van der Waals surface area (Å²) in [6.45, 7) is 3.80. The number of rotatable bonds is 5. The highest BCUT2D eigenvalue weighted by molar-refractivity contribution is 5.98. The van der Waals surface area contributed by atoms with Crippen molar-refractivity contribution in [2.24, 2.45) is 0 Å². The Morgan fingerprint density at radius 2 is 1.89 bits per heavy atom. The molecule has 0 radical (unpaired) electrons. The summed E-state index contributed by atoms with van der Waals surface area (Å²) in [5.41, 5.74) is 4.10. The monoisotopic (exact) mass is 366 g/mol. The van der Waals surface area contributed by atoms with Gasteiger partial charge < -0.3 is 18.6 Å². The van der Waals surface area contributed by atoms with Crippen molar-refractivity contribution in [3.8, 4) is 11.5 Å². The molecule has 0 aliphatic carbocycles. The smallest absolute Gasteiger partial charge is 0.310 e. The van der Waals surface area contributed by atoms with Gasteiger partial charge in [0, 0.05) is 16.5 Å². The van der Waals surface area contributed by atoms with E-state index in [4.69, 9.17) is 18.6 Å². The van der Waals surface area contributed by atoms with Crippen molar-refractivity contribution in [1.82, 2.24) is 0 Å². The maximum atomic E-state index is 12.3. The zero-order chi connectivity index (χ0) is 19.0. The third kappa shape index (κ3) is 3.26. The number of hydrogen-bond donors (Lipinski definition) is 0. The van der Waals surface area contributed by atoms with Crippen molar-refractivity contribution in [3.63, 3.8) is 0 Å². The lowest BCUT2D eigenvalue weighted by Gasteiger charge is -2.05. The van der Waals surface area contributed by atoms with Gasteiger partial charge in [0.2, 0.25) is 6.79 Å². The Balaban J connectivity index is 1.40. The molecular weight excluding hydrogens is 348 g/mol. The number of fused-ring (bicyclic) bond motifs is 2. The van der Waals surface area contributed by atoms with E-state index in [2.05, 4.69) is 0 Å². The number of benzene rings is 2. The highest BCUT2D eigenvalue weighted by atomic mass is 16.7. The molecule has 0 saturated carbocycles. The molecule has 0 bridgehead atoms. The summed E-state index contributed by atoms with van der Waals surface area (Å²) >= 11 is 0. The minimum absolute atomic E-state index is 0.0456. The second-order valence-corrected chi connectivity index (χ2v) is 6.47. The molecule has 138 valence electrons. The predicted octanol–water partition coefficient (Wildman–Crippen LogP) is 3.75. The van der Waals surface area contributed by atoms with Crippen molar-refractivity contribution in [2.75, 3.05) is 13.4 Å². The van der Waals surface area contributed by atoms with Gasteiger partial charge in [-0.2, -0.15) is 0 Å². The third-order valence-corrected chi connectivity index (χ3v) is 4.74. The van der Waals surface area contributed by atoms with Gasteiger partial charge in [-0.25, -0.2) is 0 Å². The Hall–Kier alpha value is -3.28. The molecule has 0 amide bonds. The van der Waals surface area contributed by atoms with Crippen LogP contribution in [-0.4, -0.2) is 25.2 Å². The summed E-state index contributed by atoms with van der Waals surface area (Å²) in [4.78, 5) is 24.4. The molecular formula is C21H18O6. The molecule has 0 N–H and O–H groups in total. The quantitative estimate of drug-likeness (QED) is 0.506. The fourth-order valence-electron chi connectivity index (χ4n) is 3.03. The Labute approximate surface area is 155 Å². The number of ether oxygens (including phenoxy) is 3. The molecule has 1 aromatic heterocycles. The lowest BCUT2D eigenvalue weighted by Crippen LogP contribution is -2.15. The molecule has 0 atom stereocenters. The van der Waals surface area contributed by atoms with Gasteiger partial charge in [-0.3, -0.25) is 9.59 Å². The Bertz CT molecular complexity index is 1050. The van der Waals surface area contributed by atoms with E-state index in [0.717, 1.165) is 27.7 Å². The van der Waals surface area contributed by atoms with E-state index in [0.29, 0.717) is 17.1 Å². The van der Waals surface area contributed by atoms with Gasteiger partial charge in [0.05, 0.1) is 12.7 Å². The van der Waals surface area contributed by atoms with E-state index in [-0.39, 0.29) is 25.6 Å². The lowest BCUT2D eigenvalue weighted by atomic mass is 10.0. The van der Waals surface area contributed by atoms with Crippen LogP contribution in [0.1, 0.15) is 27.0 Å². The fraction of sp³-hybridized carbons (Fsp3) is 0.238. The summed E-state index contributed by atoms with van der Waals surface area (Å²) < 4.78 is 21.2. The van der Waals surface area contributed by atoms with Crippen LogP contribution in [0.5, 0.6) is 11.5 Å². The number of Topliss-reactive ketones (excluding diaryl/α,β-unsaturated/α-hetero) is 1. The van der Waals surface area contributed by atoms with Gasteiger partial charge >= 0.3 is 5.97 Å². The lowest BCUT2D eigenvalue weighted by molar-refractivity contribution is -0.141. The van der Waals surface area contributed by atoms with Crippen molar-refractivity contribution < 1.29 is 28.2 Å². The van der Waals surface area contributed by atoms with E-state index < -0.39 is 5.97 Å². The molecule has 4 rings (SSSR count). The maximum absolute atomic E-state index is 12.3. The van der Waals surface area contributed by atoms with Gasteiger partial charge in [-0.1, -0.05) is 12.1 Å². The number of carbonyl (C=O) groups is 2. The molecule has 2 aromatic carbocycles. The van der Waals surface area contributed by atoms with Crippen molar-refractivity contribution in [3.05, 3.63) is 58.8 Å². The van der Waals surface area contributed by atoms with Gasteiger partial charge in [0.15, 0.2) is 23.9 Å². The van der Waals surface area contributed by atoms with E-state index in [1.54, 1.807) is 24.5 Å². The molecule has 0 fully saturated rings. The molecule has 1 aliphatic heterocycles.